The van der Waals surface area contributed by atoms with Crippen LogP contribution in [-0.2, 0) is 37.0 Å². The van der Waals surface area contributed by atoms with Crippen LogP contribution in [0.3, 0.4) is 0 Å². The maximum absolute atomic E-state index is 13.5. The van der Waals surface area contributed by atoms with Gasteiger partial charge in [0.15, 0.2) is 6.23 Å². The topological polar surface area (TPSA) is 249 Å². The van der Waals surface area contributed by atoms with Crippen LogP contribution in [0.15, 0.2) is 76.4 Å². The van der Waals surface area contributed by atoms with E-state index in [2.05, 4.69) is 16.0 Å². The molecule has 1 aliphatic rings. The summed E-state index contributed by atoms with van der Waals surface area (Å²) in [6.45, 7) is 6.00. The van der Waals surface area contributed by atoms with E-state index in [0.29, 0.717) is 11.3 Å². The molecule has 1 aromatic heterocycles. The largest absolute Gasteiger partial charge is 0.497 e. The number of nitrogens with zero attached hydrogens (tertiary/aromatic N) is 2. The van der Waals surface area contributed by atoms with Gasteiger partial charge in [0, 0.05) is 18.8 Å². The second-order valence-corrected chi connectivity index (χ2v) is 14.3. The quantitative estimate of drug-likeness (QED) is 0.0676. The van der Waals surface area contributed by atoms with Crippen LogP contribution in [0.1, 0.15) is 51.5 Å². The molecular formula is C38H51N5O13. The maximum Gasteiger partial charge on any atom is 0.408 e. The van der Waals surface area contributed by atoms with Crippen molar-refractivity contribution in [3.63, 3.8) is 0 Å². The number of ether oxygens (including phenoxy) is 4. The average Bonchev–Trinajstić information content (AvgIpc) is 3.45. The average molecular weight is 786 g/mol. The Morgan fingerprint density at radius 2 is 1.59 bits per heavy atom. The van der Waals surface area contributed by atoms with Crippen LogP contribution in [0.25, 0.3) is 0 Å². The molecule has 8 atom stereocenters. The van der Waals surface area contributed by atoms with Gasteiger partial charge in [-0.15, -0.1) is 0 Å². The SMILES string of the molecule is COc1ccc(Cn2c(=O)ccn(C3OC(C(O)C(NCCCNC(=O)C(NC(=O)OCc4ccccc4)C(C)O)C(=O)OC(C)(C)C)C(O)C3O)c2=O)cc1. The number of esters is 1. The number of alkyl carbamates (subject to hydrolysis) is 1. The number of hydrogen-bond donors (Lipinski definition) is 7. The van der Waals surface area contributed by atoms with Crippen molar-refractivity contribution in [2.45, 2.75) is 102 Å². The van der Waals surface area contributed by atoms with Crippen LogP contribution in [-0.4, -0.2) is 116 Å². The van der Waals surface area contributed by atoms with Crippen molar-refractivity contribution in [2.24, 2.45) is 0 Å². The molecule has 8 unspecified atom stereocenters. The lowest BCUT2D eigenvalue weighted by Gasteiger charge is -2.31. The molecule has 2 amide bonds. The summed E-state index contributed by atoms with van der Waals surface area (Å²) in [7, 11) is 1.50. The first kappa shape index (κ1) is 43.6. The Hall–Kier alpha value is -5.11. The molecular weight excluding hydrogens is 734 g/mol. The van der Waals surface area contributed by atoms with Crippen LogP contribution < -0.4 is 31.9 Å². The fraction of sp³-hybridized carbons (Fsp3) is 0.500. The van der Waals surface area contributed by atoms with Gasteiger partial charge in [0.05, 0.1) is 19.8 Å². The summed E-state index contributed by atoms with van der Waals surface area (Å²) in [6.07, 6.45) is -9.46. The van der Waals surface area contributed by atoms with Gasteiger partial charge in [0.1, 0.15) is 54.5 Å². The number of aliphatic hydroxyl groups is 4. The smallest absolute Gasteiger partial charge is 0.408 e. The van der Waals surface area contributed by atoms with E-state index in [4.69, 9.17) is 18.9 Å². The third-order valence-corrected chi connectivity index (χ3v) is 8.75. The van der Waals surface area contributed by atoms with Crippen molar-refractivity contribution in [3.8, 4) is 5.75 Å². The Bertz CT molecular complexity index is 1880. The molecule has 0 saturated carbocycles. The summed E-state index contributed by atoms with van der Waals surface area (Å²) in [4.78, 5) is 64.7. The summed E-state index contributed by atoms with van der Waals surface area (Å²) in [5.74, 6) is -1.04. The van der Waals surface area contributed by atoms with Crippen molar-refractivity contribution >= 4 is 18.0 Å². The van der Waals surface area contributed by atoms with Gasteiger partial charge in [-0.1, -0.05) is 42.5 Å². The van der Waals surface area contributed by atoms with Gasteiger partial charge in [-0.2, -0.15) is 0 Å². The molecule has 0 radical (unpaired) electrons. The molecule has 56 heavy (non-hydrogen) atoms. The lowest BCUT2D eigenvalue weighted by molar-refractivity contribution is -0.166. The minimum Gasteiger partial charge on any atom is -0.497 e. The van der Waals surface area contributed by atoms with Crippen molar-refractivity contribution in [3.05, 3.63) is 98.8 Å². The Kier molecular flexibility index (Phi) is 15.3. The van der Waals surface area contributed by atoms with Crippen molar-refractivity contribution in [1.82, 2.24) is 25.1 Å². The Labute approximate surface area is 323 Å². The van der Waals surface area contributed by atoms with Gasteiger partial charge in [0.2, 0.25) is 5.91 Å². The molecule has 3 aromatic rings. The van der Waals surface area contributed by atoms with Crippen molar-refractivity contribution < 1.29 is 53.8 Å². The monoisotopic (exact) mass is 785 g/mol. The van der Waals surface area contributed by atoms with E-state index in [1.54, 1.807) is 69.3 Å². The highest BCUT2D eigenvalue weighted by Crippen LogP contribution is 2.31. The predicted octanol–water partition coefficient (Wildman–Crippen LogP) is -0.471. The van der Waals surface area contributed by atoms with Crippen molar-refractivity contribution in [2.75, 3.05) is 20.2 Å². The molecule has 306 valence electrons. The standard InChI is InChI=1S/C38H51N5O13/c1-22(44)27(41-36(51)54-21-24-10-7-6-8-11-24)33(49)40-18-9-17-39-28(35(50)56-38(2,3)4)29(46)32-30(47)31(48)34(55-32)42-19-16-26(45)43(37(42)52)20-23-12-14-25(53-5)15-13-23/h6-8,10-16,19,22,27-32,34,39,44,46-48H,9,17-18,20-21H2,1-5H3,(H,40,49)(H,41,51). The Morgan fingerprint density at radius 3 is 2.21 bits per heavy atom. The number of benzene rings is 2. The molecule has 7 N–H and O–H groups in total. The molecule has 0 spiro atoms. The van der Waals surface area contributed by atoms with Gasteiger partial charge in [0.25, 0.3) is 5.56 Å². The summed E-state index contributed by atoms with van der Waals surface area (Å²) < 4.78 is 23.5. The van der Waals surface area contributed by atoms with E-state index in [-0.39, 0.29) is 32.7 Å². The van der Waals surface area contributed by atoms with E-state index in [9.17, 15) is 44.4 Å². The zero-order valence-corrected chi connectivity index (χ0v) is 31.9. The van der Waals surface area contributed by atoms with Gasteiger partial charge in [-0.25, -0.2) is 9.59 Å². The van der Waals surface area contributed by atoms with Gasteiger partial charge in [-0.3, -0.25) is 23.5 Å². The number of nitrogens with one attached hydrogen (secondary N) is 3. The number of hydrogen-bond acceptors (Lipinski definition) is 14. The minimum atomic E-state index is -1.83. The number of rotatable bonds is 17. The first-order chi connectivity index (χ1) is 26.5. The van der Waals surface area contributed by atoms with E-state index >= 15 is 0 Å². The number of carbonyl (C=O) groups is 3. The summed E-state index contributed by atoms with van der Waals surface area (Å²) in [6, 6.07) is 13.8. The van der Waals surface area contributed by atoms with E-state index < -0.39 is 83.7 Å². The van der Waals surface area contributed by atoms with Crippen LogP contribution in [0.4, 0.5) is 4.79 Å². The molecule has 0 bridgehead atoms. The van der Waals surface area contributed by atoms with Gasteiger partial charge >= 0.3 is 17.8 Å². The molecule has 0 aliphatic carbocycles. The second-order valence-electron chi connectivity index (χ2n) is 14.3. The van der Waals surface area contributed by atoms with Crippen LogP contribution >= 0.6 is 0 Å². The molecule has 18 nitrogen and oxygen atoms in total. The molecule has 2 aromatic carbocycles. The van der Waals surface area contributed by atoms with E-state index in [0.717, 1.165) is 27.0 Å². The molecule has 18 heteroatoms. The number of aromatic nitrogens is 2. The number of amides is 2. The lowest BCUT2D eigenvalue weighted by Crippen LogP contribution is -2.56. The Balaban J connectivity index is 1.39. The van der Waals surface area contributed by atoms with Crippen LogP contribution in [0.2, 0.25) is 0 Å². The zero-order chi connectivity index (χ0) is 41.2. The first-order valence-corrected chi connectivity index (χ1v) is 18.0. The van der Waals surface area contributed by atoms with Gasteiger partial charge in [-0.05, 0) is 63.9 Å². The maximum atomic E-state index is 13.5. The molecule has 1 aliphatic heterocycles. The molecule has 4 rings (SSSR count). The van der Waals surface area contributed by atoms with Crippen LogP contribution in [0, 0.1) is 0 Å². The highest BCUT2D eigenvalue weighted by molar-refractivity contribution is 5.86. The zero-order valence-electron chi connectivity index (χ0n) is 31.9. The molecule has 2 heterocycles. The minimum absolute atomic E-state index is 0.00226. The molecule has 1 fully saturated rings. The fourth-order valence-corrected chi connectivity index (χ4v) is 5.84. The highest BCUT2D eigenvalue weighted by Gasteiger charge is 2.50. The summed E-state index contributed by atoms with van der Waals surface area (Å²) >= 11 is 0. The highest BCUT2D eigenvalue weighted by atomic mass is 16.6. The predicted molar refractivity (Wildman–Crippen MR) is 199 cm³/mol. The van der Waals surface area contributed by atoms with E-state index in [1.165, 1.54) is 14.0 Å². The Morgan fingerprint density at radius 1 is 0.911 bits per heavy atom. The fourth-order valence-electron chi connectivity index (χ4n) is 5.84. The van der Waals surface area contributed by atoms with E-state index in [1.807, 2.05) is 6.07 Å². The normalized spacial score (nSPS) is 20.3. The summed E-state index contributed by atoms with van der Waals surface area (Å²) in [5, 5.41) is 51.4. The van der Waals surface area contributed by atoms with Crippen LogP contribution in [0.5, 0.6) is 5.75 Å². The third-order valence-electron chi connectivity index (χ3n) is 8.75. The van der Waals surface area contributed by atoms with Crippen molar-refractivity contribution in [1.29, 1.82) is 0 Å². The number of carbonyl (C=O) groups excluding carboxylic acids is 3. The second kappa shape index (κ2) is 19.7. The number of aliphatic hydroxyl groups excluding tert-OH is 4. The number of methoxy groups -OCH3 is 1. The lowest BCUT2D eigenvalue weighted by atomic mass is 9.99. The first-order valence-electron chi connectivity index (χ1n) is 18.0. The van der Waals surface area contributed by atoms with Gasteiger partial charge < -0.3 is 55.3 Å². The third kappa shape index (κ3) is 11.7. The molecule has 1 saturated heterocycles. The summed E-state index contributed by atoms with van der Waals surface area (Å²) in [5.41, 5.74) is -1.14.